The van der Waals surface area contributed by atoms with Gasteiger partial charge in [-0.2, -0.15) is 5.26 Å². The van der Waals surface area contributed by atoms with Crippen molar-refractivity contribution >= 4 is 41.1 Å². The first-order chi connectivity index (χ1) is 17.7. The number of carbonyl (C=O) groups is 4. The lowest BCUT2D eigenvalue weighted by Crippen LogP contribution is -2.53. The summed E-state index contributed by atoms with van der Waals surface area (Å²) in [4.78, 5) is 52.7. The Morgan fingerprint density at radius 3 is 2.26 bits per heavy atom. The van der Waals surface area contributed by atoms with E-state index in [0.29, 0.717) is 16.8 Å². The molecule has 0 saturated carbocycles. The van der Waals surface area contributed by atoms with Crippen LogP contribution < -0.4 is 16.4 Å². The smallest absolute Gasteiger partial charge is 0.408 e. The minimum atomic E-state index is -1.49. The standard InChI is InChI=1S/C27H32ClN5O5/c1-16-9-11-18(12-10-16)23(24(35)32-22-17(2)7-6-8-19(22)28)33(14-13-29)25(36)20(15-21(30)34)31-26(37)38-27(3,4)5/h6-12,20,23H,14-15H2,1-5H3,(H2,30,34)(H,31,37)(H,32,35). The number of benzene rings is 2. The third-order valence-electron chi connectivity index (χ3n) is 5.34. The fourth-order valence-corrected chi connectivity index (χ4v) is 3.90. The SMILES string of the molecule is Cc1ccc(C(C(=O)Nc2c(C)cccc2Cl)N(CC#N)C(=O)C(CC(N)=O)NC(=O)OC(C)(C)C)cc1. The second-order valence-electron chi connectivity index (χ2n) is 9.73. The number of rotatable bonds is 9. The summed E-state index contributed by atoms with van der Waals surface area (Å²) in [6.07, 6.45) is -1.54. The fourth-order valence-electron chi connectivity index (χ4n) is 3.63. The van der Waals surface area contributed by atoms with Gasteiger partial charge in [0.2, 0.25) is 11.8 Å². The molecule has 0 heterocycles. The lowest BCUT2D eigenvalue weighted by atomic mass is 10.0. The summed E-state index contributed by atoms with van der Waals surface area (Å²) < 4.78 is 5.22. The quantitative estimate of drug-likeness (QED) is 0.410. The minimum Gasteiger partial charge on any atom is -0.444 e. The molecule has 10 nitrogen and oxygen atoms in total. The van der Waals surface area contributed by atoms with Crippen molar-refractivity contribution in [1.82, 2.24) is 10.2 Å². The second-order valence-corrected chi connectivity index (χ2v) is 10.1. The summed E-state index contributed by atoms with van der Waals surface area (Å²) in [7, 11) is 0. The summed E-state index contributed by atoms with van der Waals surface area (Å²) in [6, 6.07) is 11.0. The molecule has 0 aliphatic heterocycles. The predicted octanol–water partition coefficient (Wildman–Crippen LogP) is 3.76. The average molecular weight is 542 g/mol. The molecule has 4 N–H and O–H groups in total. The van der Waals surface area contributed by atoms with Gasteiger partial charge in [0.25, 0.3) is 5.91 Å². The highest BCUT2D eigenvalue weighted by Crippen LogP contribution is 2.29. The lowest BCUT2D eigenvalue weighted by Gasteiger charge is -2.33. The van der Waals surface area contributed by atoms with Crippen LogP contribution in [0.15, 0.2) is 42.5 Å². The molecule has 0 aromatic heterocycles. The van der Waals surface area contributed by atoms with E-state index in [4.69, 9.17) is 22.1 Å². The first-order valence-corrected chi connectivity index (χ1v) is 12.2. The molecule has 4 amide bonds. The zero-order chi connectivity index (χ0) is 28.6. The Morgan fingerprint density at radius 2 is 1.74 bits per heavy atom. The number of hydrogen-bond acceptors (Lipinski definition) is 6. The predicted molar refractivity (Wildman–Crippen MR) is 143 cm³/mol. The van der Waals surface area contributed by atoms with Gasteiger partial charge < -0.3 is 26.0 Å². The Morgan fingerprint density at radius 1 is 1.11 bits per heavy atom. The number of anilines is 1. The topological polar surface area (TPSA) is 155 Å². The Bertz CT molecular complexity index is 1210. The molecule has 0 spiro atoms. The van der Waals surface area contributed by atoms with Crippen molar-refractivity contribution in [2.75, 3.05) is 11.9 Å². The number of nitriles is 1. The van der Waals surface area contributed by atoms with Gasteiger partial charge in [-0.1, -0.05) is 53.6 Å². The van der Waals surface area contributed by atoms with Gasteiger partial charge in [-0.15, -0.1) is 0 Å². The zero-order valence-electron chi connectivity index (χ0n) is 22.0. The summed E-state index contributed by atoms with van der Waals surface area (Å²) in [5, 5.41) is 15.0. The molecule has 0 fully saturated rings. The molecular weight excluding hydrogens is 510 g/mol. The summed E-state index contributed by atoms with van der Waals surface area (Å²) >= 11 is 6.31. The molecule has 0 bridgehead atoms. The van der Waals surface area contributed by atoms with Gasteiger partial charge in [-0.05, 0) is 51.8 Å². The van der Waals surface area contributed by atoms with Gasteiger partial charge in [0, 0.05) is 0 Å². The van der Waals surface area contributed by atoms with Gasteiger partial charge >= 0.3 is 6.09 Å². The molecule has 0 aliphatic carbocycles. The second kappa shape index (κ2) is 12.9. The number of aryl methyl sites for hydroxylation is 2. The van der Waals surface area contributed by atoms with E-state index in [2.05, 4.69) is 10.6 Å². The van der Waals surface area contributed by atoms with E-state index in [-0.39, 0.29) is 5.02 Å². The maximum absolute atomic E-state index is 13.7. The van der Waals surface area contributed by atoms with E-state index in [0.717, 1.165) is 10.5 Å². The monoisotopic (exact) mass is 541 g/mol. The number of amides is 4. The third-order valence-corrected chi connectivity index (χ3v) is 5.66. The Hall–Kier alpha value is -4.10. The van der Waals surface area contributed by atoms with Crippen LogP contribution >= 0.6 is 11.6 Å². The van der Waals surface area contributed by atoms with Crippen molar-refractivity contribution < 1.29 is 23.9 Å². The number of primary amides is 1. The number of hydrogen-bond donors (Lipinski definition) is 3. The summed E-state index contributed by atoms with van der Waals surface area (Å²) in [6.45, 7) is 7.99. The first-order valence-electron chi connectivity index (χ1n) is 11.8. The van der Waals surface area contributed by atoms with E-state index in [9.17, 15) is 24.4 Å². The van der Waals surface area contributed by atoms with E-state index in [1.54, 1.807) is 70.2 Å². The Kier molecular flexibility index (Phi) is 10.2. The zero-order valence-corrected chi connectivity index (χ0v) is 22.8. The number of para-hydroxylation sites is 1. The Balaban J connectivity index is 2.55. The number of nitrogens with one attached hydrogen (secondary N) is 2. The fraction of sp³-hybridized carbons (Fsp3) is 0.370. The van der Waals surface area contributed by atoms with Crippen LogP contribution in [0.2, 0.25) is 5.02 Å². The highest BCUT2D eigenvalue weighted by molar-refractivity contribution is 6.34. The van der Waals surface area contributed by atoms with Crippen molar-refractivity contribution in [3.8, 4) is 6.07 Å². The van der Waals surface area contributed by atoms with Crippen LogP contribution in [0.25, 0.3) is 0 Å². The van der Waals surface area contributed by atoms with Gasteiger partial charge in [0.1, 0.15) is 24.2 Å². The minimum absolute atomic E-state index is 0.289. The summed E-state index contributed by atoms with van der Waals surface area (Å²) in [5.74, 6) is -2.39. The molecule has 38 heavy (non-hydrogen) atoms. The molecule has 0 aliphatic rings. The van der Waals surface area contributed by atoms with Crippen LogP contribution in [-0.2, 0) is 19.1 Å². The molecule has 0 radical (unpaired) electrons. The molecule has 2 aromatic rings. The van der Waals surface area contributed by atoms with Crippen LogP contribution in [0.5, 0.6) is 0 Å². The number of alkyl carbamates (subject to hydrolysis) is 1. The highest BCUT2D eigenvalue weighted by Gasteiger charge is 2.37. The van der Waals surface area contributed by atoms with Crippen LogP contribution in [0, 0.1) is 25.2 Å². The van der Waals surface area contributed by atoms with Gasteiger partial charge in [-0.25, -0.2) is 4.79 Å². The van der Waals surface area contributed by atoms with Crippen LogP contribution in [0.3, 0.4) is 0 Å². The number of nitrogens with two attached hydrogens (primary N) is 1. The van der Waals surface area contributed by atoms with E-state index < -0.39 is 54.5 Å². The highest BCUT2D eigenvalue weighted by atomic mass is 35.5. The number of nitrogens with zero attached hydrogens (tertiary/aromatic N) is 2. The first kappa shape index (κ1) is 30.1. The molecule has 11 heteroatoms. The van der Waals surface area contributed by atoms with Crippen molar-refractivity contribution in [3.63, 3.8) is 0 Å². The van der Waals surface area contributed by atoms with Crippen molar-refractivity contribution in [1.29, 1.82) is 5.26 Å². The molecule has 0 saturated heterocycles. The number of ether oxygens (including phenoxy) is 1. The molecule has 202 valence electrons. The van der Waals surface area contributed by atoms with Crippen molar-refractivity contribution in [2.24, 2.45) is 5.73 Å². The molecule has 2 unspecified atom stereocenters. The maximum Gasteiger partial charge on any atom is 0.408 e. The number of halogens is 1. The van der Waals surface area contributed by atoms with Crippen LogP contribution in [0.1, 0.15) is 49.9 Å². The van der Waals surface area contributed by atoms with Gasteiger partial charge in [0.05, 0.1) is 23.2 Å². The lowest BCUT2D eigenvalue weighted by molar-refractivity contribution is -0.141. The average Bonchev–Trinajstić information content (AvgIpc) is 2.80. The van der Waals surface area contributed by atoms with E-state index in [1.807, 2.05) is 13.0 Å². The van der Waals surface area contributed by atoms with Gasteiger partial charge in [0.15, 0.2) is 0 Å². The molecule has 2 rings (SSSR count). The van der Waals surface area contributed by atoms with Gasteiger partial charge in [-0.3, -0.25) is 14.4 Å². The molecule has 2 atom stereocenters. The maximum atomic E-state index is 13.7. The third kappa shape index (κ3) is 8.49. The summed E-state index contributed by atoms with van der Waals surface area (Å²) in [5.41, 5.74) is 6.81. The largest absolute Gasteiger partial charge is 0.444 e. The van der Waals surface area contributed by atoms with Crippen molar-refractivity contribution in [3.05, 3.63) is 64.2 Å². The normalized spacial score (nSPS) is 12.4. The molecule has 2 aromatic carbocycles. The van der Waals surface area contributed by atoms with E-state index in [1.165, 1.54) is 0 Å². The van der Waals surface area contributed by atoms with E-state index >= 15 is 0 Å². The van der Waals surface area contributed by atoms with Crippen LogP contribution in [-0.4, -0.2) is 46.9 Å². The molecular formula is C27H32ClN5O5. The Labute approximate surface area is 227 Å². The number of carbonyl (C=O) groups excluding carboxylic acids is 4. The van der Waals surface area contributed by atoms with Crippen molar-refractivity contribution in [2.45, 2.75) is 58.7 Å². The van der Waals surface area contributed by atoms with Crippen LogP contribution in [0.4, 0.5) is 10.5 Å².